The summed E-state index contributed by atoms with van der Waals surface area (Å²) in [5, 5.41) is 4.19. The minimum absolute atomic E-state index is 0.0107. The van der Waals surface area contributed by atoms with Gasteiger partial charge in [0, 0.05) is 34.5 Å². The summed E-state index contributed by atoms with van der Waals surface area (Å²) >= 11 is 3.46. The summed E-state index contributed by atoms with van der Waals surface area (Å²) in [6, 6.07) is 18.2. The van der Waals surface area contributed by atoms with E-state index in [-0.39, 0.29) is 23.8 Å². The van der Waals surface area contributed by atoms with E-state index in [1.165, 1.54) is 0 Å². The van der Waals surface area contributed by atoms with Crippen LogP contribution in [0.15, 0.2) is 63.6 Å². The Morgan fingerprint density at radius 2 is 1.86 bits per heavy atom. The maximum absolute atomic E-state index is 13.1. The van der Waals surface area contributed by atoms with Crippen LogP contribution in [-0.4, -0.2) is 23.0 Å². The van der Waals surface area contributed by atoms with Crippen LogP contribution in [0.2, 0.25) is 0 Å². The van der Waals surface area contributed by atoms with Gasteiger partial charge in [-0.15, -0.1) is 0 Å². The van der Waals surface area contributed by atoms with E-state index in [1.54, 1.807) is 0 Å². The molecule has 5 heteroatoms. The fourth-order valence-corrected chi connectivity index (χ4v) is 4.08. The Hall–Kier alpha value is -2.40. The Bertz CT molecular complexity index is 982. The van der Waals surface area contributed by atoms with Crippen molar-refractivity contribution in [2.24, 2.45) is 5.92 Å². The van der Waals surface area contributed by atoms with E-state index < -0.39 is 0 Å². The third-order valence-corrected chi connectivity index (χ3v) is 6.23. The topological polar surface area (TPSA) is 46.3 Å². The minimum Gasteiger partial charge on any atom is -0.356 e. The molecule has 28 heavy (non-hydrogen) atoms. The number of carbonyl (C=O) groups excluding carboxylic acids is 1. The molecule has 1 aromatic heterocycles. The van der Waals surface area contributed by atoms with Gasteiger partial charge in [-0.05, 0) is 38.0 Å². The zero-order valence-corrected chi connectivity index (χ0v) is 17.8. The van der Waals surface area contributed by atoms with Gasteiger partial charge in [0.1, 0.15) is 0 Å². The standard InChI is InChI=1S/C23H23BrN2O2/c1-14-21(22(28-25-14)17-9-11-18(24)12-10-17)19-13-20(19)23(27)26(3)15(2)16-7-5-4-6-8-16/h4-12,15,19-20H,13H2,1-3H3. The molecule has 1 aliphatic rings. The Balaban J connectivity index is 1.53. The minimum atomic E-state index is -0.0107. The molecule has 0 spiro atoms. The van der Waals surface area contributed by atoms with Gasteiger partial charge in [-0.25, -0.2) is 0 Å². The molecule has 0 saturated heterocycles. The molecule has 3 aromatic rings. The van der Waals surface area contributed by atoms with Gasteiger partial charge >= 0.3 is 0 Å². The maximum Gasteiger partial charge on any atom is 0.226 e. The average molecular weight is 439 g/mol. The molecule has 3 unspecified atom stereocenters. The number of hydrogen-bond acceptors (Lipinski definition) is 3. The van der Waals surface area contributed by atoms with Crippen LogP contribution in [0.5, 0.6) is 0 Å². The fraction of sp³-hybridized carbons (Fsp3) is 0.304. The number of carbonyl (C=O) groups is 1. The van der Waals surface area contributed by atoms with Crippen LogP contribution in [0.1, 0.15) is 42.1 Å². The highest BCUT2D eigenvalue weighted by Crippen LogP contribution is 2.52. The summed E-state index contributed by atoms with van der Waals surface area (Å²) in [6.45, 7) is 4.03. The van der Waals surface area contributed by atoms with E-state index >= 15 is 0 Å². The van der Waals surface area contributed by atoms with Crippen molar-refractivity contribution >= 4 is 21.8 Å². The van der Waals surface area contributed by atoms with Crippen LogP contribution in [0.3, 0.4) is 0 Å². The summed E-state index contributed by atoms with van der Waals surface area (Å²) < 4.78 is 6.66. The Kier molecular flexibility index (Phi) is 5.11. The molecule has 2 aromatic carbocycles. The van der Waals surface area contributed by atoms with E-state index in [1.807, 2.05) is 61.3 Å². The van der Waals surface area contributed by atoms with E-state index in [4.69, 9.17) is 4.52 Å². The first-order valence-electron chi connectivity index (χ1n) is 9.51. The molecule has 1 amide bonds. The highest BCUT2D eigenvalue weighted by Gasteiger charge is 2.48. The highest BCUT2D eigenvalue weighted by molar-refractivity contribution is 9.10. The fourth-order valence-electron chi connectivity index (χ4n) is 3.82. The quantitative estimate of drug-likeness (QED) is 0.510. The van der Waals surface area contributed by atoms with E-state index in [0.29, 0.717) is 0 Å². The molecule has 1 fully saturated rings. The number of amides is 1. The summed E-state index contributed by atoms with van der Waals surface area (Å²) in [4.78, 5) is 15.0. The van der Waals surface area contributed by atoms with Gasteiger partial charge in [0.25, 0.3) is 0 Å². The largest absolute Gasteiger partial charge is 0.356 e. The smallest absolute Gasteiger partial charge is 0.226 e. The summed E-state index contributed by atoms with van der Waals surface area (Å²) in [5.74, 6) is 1.12. The normalized spacial score (nSPS) is 19.3. The number of rotatable bonds is 5. The molecule has 0 bridgehead atoms. The number of aromatic nitrogens is 1. The molecule has 1 aliphatic carbocycles. The van der Waals surface area contributed by atoms with E-state index in [9.17, 15) is 4.79 Å². The number of aryl methyl sites for hydroxylation is 1. The first-order chi connectivity index (χ1) is 13.5. The number of halogens is 1. The van der Waals surface area contributed by atoms with Crippen LogP contribution < -0.4 is 0 Å². The van der Waals surface area contributed by atoms with Gasteiger partial charge in [-0.1, -0.05) is 63.6 Å². The second kappa shape index (κ2) is 7.55. The Morgan fingerprint density at radius 1 is 1.18 bits per heavy atom. The number of benzene rings is 2. The molecule has 3 atom stereocenters. The van der Waals surface area contributed by atoms with Crippen LogP contribution in [0, 0.1) is 12.8 Å². The van der Waals surface area contributed by atoms with Crippen molar-refractivity contribution in [2.45, 2.75) is 32.2 Å². The molecule has 1 saturated carbocycles. The van der Waals surface area contributed by atoms with Gasteiger partial charge in [0.05, 0.1) is 11.7 Å². The van der Waals surface area contributed by atoms with Gasteiger partial charge < -0.3 is 9.42 Å². The zero-order valence-electron chi connectivity index (χ0n) is 16.2. The third kappa shape index (κ3) is 3.51. The average Bonchev–Trinajstić information content (AvgIpc) is 3.42. The van der Waals surface area contributed by atoms with Crippen molar-refractivity contribution in [1.82, 2.24) is 10.1 Å². The van der Waals surface area contributed by atoms with Crippen molar-refractivity contribution in [2.75, 3.05) is 7.05 Å². The van der Waals surface area contributed by atoms with Gasteiger partial charge in [-0.2, -0.15) is 0 Å². The lowest BCUT2D eigenvalue weighted by Crippen LogP contribution is -2.31. The molecule has 4 nitrogen and oxygen atoms in total. The van der Waals surface area contributed by atoms with Crippen LogP contribution >= 0.6 is 15.9 Å². The maximum atomic E-state index is 13.1. The Labute approximate surface area is 173 Å². The lowest BCUT2D eigenvalue weighted by Gasteiger charge is -2.25. The van der Waals surface area contributed by atoms with Crippen molar-refractivity contribution in [3.8, 4) is 11.3 Å². The molecule has 0 radical (unpaired) electrons. The van der Waals surface area contributed by atoms with Crippen molar-refractivity contribution < 1.29 is 9.32 Å². The second-order valence-corrected chi connectivity index (χ2v) is 8.42. The molecule has 0 N–H and O–H groups in total. The first-order valence-corrected chi connectivity index (χ1v) is 10.3. The lowest BCUT2D eigenvalue weighted by molar-refractivity contribution is -0.133. The van der Waals surface area contributed by atoms with Crippen molar-refractivity contribution in [1.29, 1.82) is 0 Å². The zero-order chi connectivity index (χ0) is 19.8. The summed E-state index contributed by atoms with van der Waals surface area (Å²) in [6.07, 6.45) is 0.844. The predicted molar refractivity (Wildman–Crippen MR) is 113 cm³/mol. The van der Waals surface area contributed by atoms with E-state index in [2.05, 4.69) is 40.1 Å². The number of nitrogens with zero attached hydrogens (tertiary/aromatic N) is 2. The SMILES string of the molecule is Cc1noc(-c2ccc(Br)cc2)c1C1CC1C(=O)N(C)C(C)c1ccccc1. The van der Waals surface area contributed by atoms with Gasteiger partial charge in [0.2, 0.25) is 5.91 Å². The second-order valence-electron chi connectivity index (χ2n) is 7.50. The number of hydrogen-bond donors (Lipinski definition) is 0. The van der Waals surface area contributed by atoms with Crippen LogP contribution in [0.25, 0.3) is 11.3 Å². The third-order valence-electron chi connectivity index (χ3n) is 5.70. The molecule has 1 heterocycles. The first kappa shape index (κ1) is 18.9. The van der Waals surface area contributed by atoms with Crippen LogP contribution in [-0.2, 0) is 4.79 Å². The highest BCUT2D eigenvalue weighted by atomic mass is 79.9. The molecule has 4 rings (SSSR count). The lowest BCUT2D eigenvalue weighted by atomic mass is 10.0. The molecular formula is C23H23BrN2O2. The van der Waals surface area contributed by atoms with Gasteiger partial charge in [-0.3, -0.25) is 4.79 Å². The molecule has 0 aliphatic heterocycles. The molecular weight excluding hydrogens is 416 g/mol. The van der Waals surface area contributed by atoms with E-state index in [0.717, 1.165) is 39.0 Å². The van der Waals surface area contributed by atoms with Crippen LogP contribution in [0.4, 0.5) is 0 Å². The predicted octanol–water partition coefficient (Wildman–Crippen LogP) is 5.74. The molecule has 144 valence electrons. The monoisotopic (exact) mass is 438 g/mol. The summed E-state index contributed by atoms with van der Waals surface area (Å²) in [7, 11) is 1.89. The van der Waals surface area contributed by atoms with Crippen molar-refractivity contribution in [3.05, 3.63) is 75.9 Å². The Morgan fingerprint density at radius 3 is 2.54 bits per heavy atom. The van der Waals surface area contributed by atoms with Crippen molar-refractivity contribution in [3.63, 3.8) is 0 Å². The summed E-state index contributed by atoms with van der Waals surface area (Å²) in [5.41, 5.74) is 4.08. The van der Waals surface area contributed by atoms with Gasteiger partial charge in [0.15, 0.2) is 5.76 Å².